The lowest BCUT2D eigenvalue weighted by atomic mass is 9.65. The van der Waals surface area contributed by atoms with Crippen LogP contribution >= 0.6 is 11.6 Å². The Morgan fingerprint density at radius 3 is 2.72 bits per heavy atom. The summed E-state index contributed by atoms with van der Waals surface area (Å²) in [6.07, 6.45) is 3.46. The highest BCUT2D eigenvalue weighted by Gasteiger charge is 2.38. The number of benzene rings is 1. The van der Waals surface area contributed by atoms with Crippen LogP contribution in [0, 0.1) is 17.2 Å². The van der Waals surface area contributed by atoms with E-state index in [2.05, 4.69) is 13.8 Å². The van der Waals surface area contributed by atoms with Gasteiger partial charge in [0.1, 0.15) is 5.82 Å². The lowest BCUT2D eigenvalue weighted by Crippen LogP contribution is -2.33. The van der Waals surface area contributed by atoms with E-state index in [1.54, 1.807) is 12.1 Å². The summed E-state index contributed by atoms with van der Waals surface area (Å²) in [5.41, 5.74) is 0.294. The van der Waals surface area contributed by atoms with Crippen LogP contribution in [0.25, 0.3) is 0 Å². The standard InChI is InChI=1S/C15H20ClFO/c1-15(2)9-4-3-6-10(15)14(18)13-11(16)7-5-8-12(13)17/h5,7-8,10,14,18H,3-4,6,9H2,1-2H3. The Kier molecular flexibility index (Phi) is 3.98. The Morgan fingerprint density at radius 1 is 1.39 bits per heavy atom. The van der Waals surface area contributed by atoms with Gasteiger partial charge in [0.25, 0.3) is 0 Å². The second kappa shape index (κ2) is 5.18. The minimum atomic E-state index is -0.811. The molecule has 1 fully saturated rings. The average Bonchev–Trinajstić information content (AvgIpc) is 2.27. The van der Waals surface area contributed by atoms with Gasteiger partial charge in [-0.25, -0.2) is 4.39 Å². The van der Waals surface area contributed by atoms with E-state index >= 15 is 0 Å². The summed E-state index contributed by atoms with van der Waals surface area (Å²) in [6, 6.07) is 4.57. The SMILES string of the molecule is CC1(C)CCCCC1C(O)c1c(F)cccc1Cl. The second-order valence-corrected chi connectivity index (χ2v) is 6.33. The number of aliphatic hydroxyl groups excluding tert-OH is 1. The molecule has 2 atom stereocenters. The quantitative estimate of drug-likeness (QED) is 0.824. The molecule has 1 saturated carbocycles. The molecule has 0 radical (unpaired) electrons. The van der Waals surface area contributed by atoms with Crippen molar-refractivity contribution < 1.29 is 9.50 Å². The van der Waals surface area contributed by atoms with Crippen LogP contribution in [0.2, 0.25) is 5.02 Å². The number of aliphatic hydroxyl groups is 1. The highest BCUT2D eigenvalue weighted by molar-refractivity contribution is 6.31. The highest BCUT2D eigenvalue weighted by atomic mass is 35.5. The third-order valence-corrected chi connectivity index (χ3v) is 4.60. The van der Waals surface area contributed by atoms with Gasteiger partial charge in [-0.15, -0.1) is 0 Å². The molecule has 0 aliphatic heterocycles. The van der Waals surface area contributed by atoms with Gasteiger partial charge in [-0.3, -0.25) is 0 Å². The maximum absolute atomic E-state index is 13.9. The minimum Gasteiger partial charge on any atom is -0.388 e. The van der Waals surface area contributed by atoms with Gasteiger partial charge in [0.15, 0.2) is 0 Å². The van der Waals surface area contributed by atoms with E-state index in [9.17, 15) is 9.50 Å². The van der Waals surface area contributed by atoms with Crippen molar-refractivity contribution in [2.75, 3.05) is 0 Å². The lowest BCUT2D eigenvalue weighted by Gasteiger charge is -2.41. The van der Waals surface area contributed by atoms with E-state index in [-0.39, 0.29) is 16.9 Å². The lowest BCUT2D eigenvalue weighted by molar-refractivity contribution is 0.00206. The van der Waals surface area contributed by atoms with Crippen molar-refractivity contribution in [2.24, 2.45) is 11.3 Å². The largest absolute Gasteiger partial charge is 0.388 e. The first kappa shape index (κ1) is 13.8. The summed E-state index contributed by atoms with van der Waals surface area (Å²) in [7, 11) is 0. The van der Waals surface area contributed by atoms with Crippen LogP contribution in [-0.4, -0.2) is 5.11 Å². The summed E-state index contributed by atoms with van der Waals surface area (Å²) < 4.78 is 13.9. The maximum atomic E-state index is 13.9. The zero-order chi connectivity index (χ0) is 13.3. The molecule has 0 amide bonds. The molecular weight excluding hydrogens is 251 g/mol. The molecule has 2 rings (SSSR count). The van der Waals surface area contributed by atoms with Gasteiger partial charge in [-0.1, -0.05) is 44.4 Å². The van der Waals surface area contributed by atoms with Crippen LogP contribution in [0.3, 0.4) is 0 Å². The molecule has 0 aromatic heterocycles. The normalized spacial score (nSPS) is 24.8. The van der Waals surface area contributed by atoms with Crippen LogP contribution in [0.4, 0.5) is 4.39 Å². The summed E-state index contributed by atoms with van der Waals surface area (Å²) in [5, 5.41) is 10.8. The number of rotatable bonds is 2. The molecule has 0 spiro atoms. The van der Waals surface area contributed by atoms with Crippen molar-refractivity contribution in [3.8, 4) is 0 Å². The van der Waals surface area contributed by atoms with Gasteiger partial charge in [0, 0.05) is 10.6 Å². The van der Waals surface area contributed by atoms with E-state index in [4.69, 9.17) is 11.6 Å². The predicted molar refractivity (Wildman–Crippen MR) is 72.1 cm³/mol. The molecule has 1 aliphatic rings. The van der Waals surface area contributed by atoms with Crippen molar-refractivity contribution >= 4 is 11.6 Å². The Balaban J connectivity index is 2.33. The van der Waals surface area contributed by atoms with Crippen LogP contribution in [-0.2, 0) is 0 Å². The fourth-order valence-electron chi connectivity index (χ4n) is 3.10. The van der Waals surface area contributed by atoms with E-state index < -0.39 is 11.9 Å². The highest BCUT2D eigenvalue weighted by Crippen LogP contribution is 2.48. The Morgan fingerprint density at radius 2 is 2.11 bits per heavy atom. The van der Waals surface area contributed by atoms with E-state index in [1.807, 2.05) is 0 Å². The van der Waals surface area contributed by atoms with Crippen molar-refractivity contribution in [2.45, 2.75) is 45.6 Å². The summed E-state index contributed by atoms with van der Waals surface area (Å²) in [5.74, 6) is -0.336. The minimum absolute atomic E-state index is 0.0310. The zero-order valence-electron chi connectivity index (χ0n) is 10.9. The fourth-order valence-corrected chi connectivity index (χ4v) is 3.38. The molecule has 0 bridgehead atoms. The molecule has 1 N–H and O–H groups in total. The third-order valence-electron chi connectivity index (χ3n) is 4.27. The number of hydrogen-bond donors (Lipinski definition) is 1. The second-order valence-electron chi connectivity index (χ2n) is 5.92. The van der Waals surface area contributed by atoms with Gasteiger partial charge in [0.2, 0.25) is 0 Å². The third kappa shape index (κ3) is 2.55. The molecule has 100 valence electrons. The van der Waals surface area contributed by atoms with E-state index in [1.165, 1.54) is 12.5 Å². The van der Waals surface area contributed by atoms with Gasteiger partial charge in [-0.05, 0) is 36.3 Å². The zero-order valence-corrected chi connectivity index (χ0v) is 11.7. The van der Waals surface area contributed by atoms with Crippen molar-refractivity contribution in [3.05, 3.63) is 34.6 Å². The first-order valence-corrected chi connectivity index (χ1v) is 6.93. The Labute approximate surface area is 113 Å². The van der Waals surface area contributed by atoms with Crippen LogP contribution < -0.4 is 0 Å². The average molecular weight is 271 g/mol. The molecule has 0 saturated heterocycles. The van der Waals surface area contributed by atoms with Crippen LogP contribution in [0.1, 0.15) is 51.2 Å². The summed E-state index contributed by atoms with van der Waals surface area (Å²) in [6.45, 7) is 4.30. The molecule has 1 aromatic carbocycles. The predicted octanol–water partition coefficient (Wildman–Crippen LogP) is 4.73. The fraction of sp³-hybridized carbons (Fsp3) is 0.600. The molecule has 3 heteroatoms. The van der Waals surface area contributed by atoms with E-state index in [0.29, 0.717) is 5.02 Å². The summed E-state index contributed by atoms with van der Waals surface area (Å²) >= 11 is 6.04. The molecule has 1 aliphatic carbocycles. The Hall–Kier alpha value is -0.600. The van der Waals surface area contributed by atoms with Crippen LogP contribution in [0.15, 0.2) is 18.2 Å². The molecule has 18 heavy (non-hydrogen) atoms. The van der Waals surface area contributed by atoms with Gasteiger partial charge in [0.05, 0.1) is 6.10 Å². The van der Waals surface area contributed by atoms with Crippen molar-refractivity contribution in [1.29, 1.82) is 0 Å². The number of halogens is 2. The van der Waals surface area contributed by atoms with Gasteiger partial charge < -0.3 is 5.11 Å². The molecule has 0 heterocycles. The van der Waals surface area contributed by atoms with Crippen molar-refractivity contribution in [1.82, 2.24) is 0 Å². The monoisotopic (exact) mass is 270 g/mol. The topological polar surface area (TPSA) is 20.2 Å². The van der Waals surface area contributed by atoms with Crippen LogP contribution in [0.5, 0.6) is 0 Å². The van der Waals surface area contributed by atoms with Crippen molar-refractivity contribution in [3.63, 3.8) is 0 Å². The number of hydrogen-bond acceptors (Lipinski definition) is 1. The summed E-state index contributed by atoms with van der Waals surface area (Å²) in [4.78, 5) is 0. The molecule has 1 nitrogen and oxygen atoms in total. The van der Waals surface area contributed by atoms with Gasteiger partial charge in [-0.2, -0.15) is 0 Å². The van der Waals surface area contributed by atoms with Gasteiger partial charge >= 0.3 is 0 Å². The molecule has 1 aromatic rings. The Bertz CT molecular complexity index is 410. The maximum Gasteiger partial charge on any atom is 0.130 e. The first-order chi connectivity index (χ1) is 8.43. The first-order valence-electron chi connectivity index (χ1n) is 6.55. The van der Waals surface area contributed by atoms with E-state index in [0.717, 1.165) is 19.3 Å². The molecule has 2 unspecified atom stereocenters. The molecular formula is C15H20ClFO. The smallest absolute Gasteiger partial charge is 0.130 e.